The number of halogens is 4. The molecule has 0 aromatic heterocycles. The van der Waals surface area contributed by atoms with Crippen LogP contribution in [0.2, 0.25) is 0 Å². The molecule has 0 radical (unpaired) electrons. The Morgan fingerprint density at radius 3 is 1.25 bits per heavy atom. The number of nitrogens with zero attached hydrogens (tertiary/aromatic N) is 2. The second kappa shape index (κ2) is 24.7. The van der Waals surface area contributed by atoms with Crippen molar-refractivity contribution in [1.82, 2.24) is 0 Å². The number of unbranched alkanes of at least 4 members (excludes halogenated alkanes) is 2. The molecule has 11 heteroatoms. The van der Waals surface area contributed by atoms with Gasteiger partial charge in [-0.05, 0) is 109 Å². The van der Waals surface area contributed by atoms with Gasteiger partial charge in [-0.15, -0.1) is 13.2 Å². The molecule has 0 amide bonds. The van der Waals surface area contributed by atoms with E-state index in [0.717, 1.165) is 68.6 Å². The van der Waals surface area contributed by atoms with Crippen LogP contribution in [0.5, 0.6) is 23.0 Å². The summed E-state index contributed by atoms with van der Waals surface area (Å²) in [7, 11) is 9.78. The number of aliphatic imine (C=N–C) groups is 2. The van der Waals surface area contributed by atoms with E-state index in [-0.39, 0.29) is 22.3 Å². The predicted molar refractivity (Wildman–Crippen MR) is 238 cm³/mol. The third-order valence-electron chi connectivity index (χ3n) is 7.85. The fourth-order valence-corrected chi connectivity index (χ4v) is 5.91. The van der Waals surface area contributed by atoms with Crippen molar-refractivity contribution >= 4 is 74.3 Å². The second-order valence-electron chi connectivity index (χ2n) is 14.4. The standard InChI is InChI=1S/2C22H26BrNO2.2ClH.Ti/c2*1-5-6-7-12-26-19-10-8-18(9-11-19)24-15-16-13-17(23)14-20(21(16)25)22(2,3)4;;;/h2*5,8-11,13-15,25H,1,6-7,12H2,2-4H3;2*1H;/q;;;;+2/p-2. The van der Waals surface area contributed by atoms with E-state index in [1.54, 1.807) is 12.4 Å². The van der Waals surface area contributed by atoms with E-state index >= 15 is 0 Å². The second-order valence-corrected chi connectivity index (χ2v) is 18.8. The van der Waals surface area contributed by atoms with Gasteiger partial charge >= 0.3 is 35.6 Å². The molecular formula is C44H52Br2Cl2N2O4Ti. The van der Waals surface area contributed by atoms with Crippen LogP contribution >= 0.6 is 50.5 Å². The van der Waals surface area contributed by atoms with Crippen LogP contribution in [0.4, 0.5) is 11.4 Å². The third-order valence-corrected chi connectivity index (χ3v) is 8.76. The van der Waals surface area contributed by atoms with E-state index in [0.29, 0.717) is 24.3 Å². The van der Waals surface area contributed by atoms with Crippen molar-refractivity contribution in [3.63, 3.8) is 0 Å². The molecule has 4 rings (SSSR count). The minimum absolute atomic E-state index is 0.152. The van der Waals surface area contributed by atoms with Crippen molar-refractivity contribution in [2.75, 3.05) is 13.2 Å². The van der Waals surface area contributed by atoms with Crippen molar-refractivity contribution in [2.45, 2.75) is 78.1 Å². The quantitative estimate of drug-likeness (QED) is 0.0571. The molecule has 6 nitrogen and oxygen atoms in total. The third kappa shape index (κ3) is 17.9. The van der Waals surface area contributed by atoms with Crippen LogP contribution in [0, 0.1) is 0 Å². The molecule has 0 atom stereocenters. The van der Waals surface area contributed by atoms with Crippen molar-refractivity contribution in [3.05, 3.63) is 129 Å². The summed E-state index contributed by atoms with van der Waals surface area (Å²) in [4.78, 5) is 8.96. The van der Waals surface area contributed by atoms with Gasteiger partial charge in [0.15, 0.2) is 0 Å². The van der Waals surface area contributed by atoms with Crippen molar-refractivity contribution in [2.24, 2.45) is 9.98 Å². The van der Waals surface area contributed by atoms with Crippen LogP contribution in [0.25, 0.3) is 0 Å². The van der Waals surface area contributed by atoms with Gasteiger partial charge in [0.25, 0.3) is 0 Å². The van der Waals surface area contributed by atoms with Crippen LogP contribution in [-0.4, -0.2) is 35.9 Å². The Morgan fingerprint density at radius 1 is 0.636 bits per heavy atom. The summed E-state index contributed by atoms with van der Waals surface area (Å²) < 4.78 is 13.2. The molecule has 0 unspecified atom stereocenters. The molecular weight excluding hydrogens is 899 g/mol. The number of phenols is 2. The number of ether oxygens (including phenoxy) is 2. The molecule has 294 valence electrons. The monoisotopic (exact) mass is 948 g/mol. The first-order chi connectivity index (χ1) is 26.0. The van der Waals surface area contributed by atoms with Gasteiger partial charge < -0.3 is 19.7 Å². The number of hydrogen-bond donors (Lipinski definition) is 2. The van der Waals surface area contributed by atoms with Crippen molar-refractivity contribution in [3.8, 4) is 23.0 Å². The average Bonchev–Trinajstić information content (AvgIpc) is 3.13. The Balaban J connectivity index is 0.000000355. The van der Waals surface area contributed by atoms with Crippen LogP contribution in [0.15, 0.2) is 117 Å². The normalized spacial score (nSPS) is 11.3. The van der Waals surface area contributed by atoms with Gasteiger partial charge in [-0.3, -0.25) is 9.98 Å². The van der Waals surface area contributed by atoms with Crippen LogP contribution < -0.4 is 9.47 Å². The molecule has 0 saturated heterocycles. The summed E-state index contributed by atoms with van der Waals surface area (Å²) >= 11 is 6.47. The van der Waals surface area contributed by atoms with Gasteiger partial charge in [-0.25, -0.2) is 0 Å². The summed E-state index contributed by atoms with van der Waals surface area (Å²) in [6.45, 7) is 21.2. The van der Waals surface area contributed by atoms with E-state index in [2.05, 4.69) is 96.5 Å². The summed E-state index contributed by atoms with van der Waals surface area (Å²) in [6.07, 6.45) is 11.0. The van der Waals surface area contributed by atoms with E-state index in [4.69, 9.17) is 28.1 Å². The van der Waals surface area contributed by atoms with Crippen LogP contribution in [-0.2, 0) is 27.9 Å². The maximum absolute atomic E-state index is 10.6. The molecule has 0 spiro atoms. The van der Waals surface area contributed by atoms with E-state index in [9.17, 15) is 10.2 Å². The van der Waals surface area contributed by atoms with Gasteiger partial charge in [0, 0.05) is 43.6 Å². The number of hydrogen-bond acceptors (Lipinski definition) is 6. The molecule has 0 aliphatic heterocycles. The molecule has 0 aliphatic rings. The molecule has 4 aromatic rings. The first-order valence-corrected chi connectivity index (χ1v) is 23.7. The Labute approximate surface area is 361 Å². The zero-order valence-electron chi connectivity index (χ0n) is 32.5. The molecule has 4 aromatic carbocycles. The summed E-state index contributed by atoms with van der Waals surface area (Å²) in [5.74, 6) is 2.19. The van der Waals surface area contributed by atoms with Crippen molar-refractivity contribution < 1.29 is 36.7 Å². The Hall–Kier alpha value is -2.85. The molecule has 0 heterocycles. The number of phenolic OH excluding ortho intramolecular Hbond substituents is 2. The first-order valence-electron chi connectivity index (χ1n) is 17.8. The van der Waals surface area contributed by atoms with Gasteiger partial charge in [-0.1, -0.05) is 85.6 Å². The zero-order chi connectivity index (χ0) is 41.0. The number of allylic oxidation sites excluding steroid dienone is 2. The van der Waals surface area contributed by atoms with Crippen LogP contribution in [0.1, 0.15) is 89.5 Å². The van der Waals surface area contributed by atoms with E-state index in [1.165, 1.54) is 0 Å². The van der Waals surface area contributed by atoms with Gasteiger partial charge in [0.2, 0.25) is 0 Å². The first kappa shape index (κ1) is 48.3. The predicted octanol–water partition coefficient (Wildman–Crippen LogP) is 14.5. The summed E-state index contributed by atoms with van der Waals surface area (Å²) in [5.41, 5.74) is 4.46. The van der Waals surface area contributed by atoms with Crippen molar-refractivity contribution in [1.29, 1.82) is 0 Å². The minimum atomic E-state index is -0.556. The molecule has 55 heavy (non-hydrogen) atoms. The summed E-state index contributed by atoms with van der Waals surface area (Å²) in [5, 5.41) is 21.1. The number of benzene rings is 4. The van der Waals surface area contributed by atoms with Gasteiger partial charge in [-0.2, -0.15) is 0 Å². The number of rotatable bonds is 14. The van der Waals surface area contributed by atoms with E-state index in [1.807, 2.05) is 84.9 Å². The summed E-state index contributed by atoms with van der Waals surface area (Å²) in [6, 6.07) is 22.9. The zero-order valence-corrected chi connectivity index (χ0v) is 38.8. The molecule has 0 aliphatic carbocycles. The molecule has 2 N–H and O–H groups in total. The van der Waals surface area contributed by atoms with E-state index < -0.39 is 17.0 Å². The number of aromatic hydroxyl groups is 2. The molecule has 0 bridgehead atoms. The molecule has 0 saturated carbocycles. The average molecular weight is 951 g/mol. The van der Waals surface area contributed by atoms with Gasteiger partial charge in [0.05, 0.1) is 24.6 Å². The topological polar surface area (TPSA) is 83.6 Å². The Kier molecular flexibility index (Phi) is 21.7. The fourth-order valence-electron chi connectivity index (χ4n) is 4.96. The Morgan fingerprint density at radius 2 is 0.964 bits per heavy atom. The maximum atomic E-state index is 10.6. The Bertz CT molecular complexity index is 1720. The fraction of sp³-hybridized carbons (Fsp3) is 0.318. The van der Waals surface area contributed by atoms with Crippen LogP contribution in [0.3, 0.4) is 0 Å². The SMILES string of the molecule is C=CCCCOc1ccc(N=Cc2cc(Br)cc(C(C)(C)C)c2O)cc1.C=CCCCOc1ccc(N=Cc2cc(Br)cc(C(C)(C)C)c2O)cc1.[Cl][Ti][Cl]. The molecule has 0 fully saturated rings. The van der Waals surface area contributed by atoms with Gasteiger partial charge in [0.1, 0.15) is 23.0 Å².